The fraction of sp³-hybridized carbons (Fsp3) is 0.208. The van der Waals surface area contributed by atoms with Gasteiger partial charge in [0, 0.05) is 34.0 Å². The summed E-state index contributed by atoms with van der Waals surface area (Å²) in [5.41, 5.74) is 1.89. The van der Waals surface area contributed by atoms with Gasteiger partial charge in [0.2, 0.25) is 0 Å². The van der Waals surface area contributed by atoms with Crippen molar-refractivity contribution in [2.75, 3.05) is 28.0 Å². The van der Waals surface area contributed by atoms with Crippen LogP contribution in [0.4, 0.5) is 17.1 Å². The van der Waals surface area contributed by atoms with Crippen LogP contribution in [0.3, 0.4) is 0 Å². The van der Waals surface area contributed by atoms with E-state index in [2.05, 4.69) is 30.9 Å². The number of anilines is 3. The third kappa shape index (κ3) is 5.69. The van der Waals surface area contributed by atoms with E-state index in [-0.39, 0.29) is 10.8 Å². The van der Waals surface area contributed by atoms with E-state index in [1.54, 1.807) is 54.6 Å². The van der Waals surface area contributed by atoms with E-state index >= 15 is 0 Å². The quantitative estimate of drug-likeness (QED) is 0.387. The maximum Gasteiger partial charge on any atom is 0.264 e. The van der Waals surface area contributed by atoms with Gasteiger partial charge in [0.15, 0.2) is 0 Å². The molecule has 1 heterocycles. The summed E-state index contributed by atoms with van der Waals surface area (Å²) in [6.07, 6.45) is 3.14. The molecular formula is C24H23BrClN3O3S. The lowest BCUT2D eigenvalue weighted by Crippen LogP contribution is -2.31. The topological polar surface area (TPSA) is 78.5 Å². The minimum Gasteiger partial charge on any atom is -0.370 e. The summed E-state index contributed by atoms with van der Waals surface area (Å²) in [5.74, 6) is -0.331. The summed E-state index contributed by atoms with van der Waals surface area (Å²) in [6, 6.07) is 18.5. The molecule has 0 unspecified atom stereocenters. The second-order valence-electron chi connectivity index (χ2n) is 7.78. The van der Waals surface area contributed by atoms with E-state index in [9.17, 15) is 13.2 Å². The van der Waals surface area contributed by atoms with Crippen LogP contribution in [0.2, 0.25) is 5.02 Å². The van der Waals surface area contributed by atoms with Crippen LogP contribution in [0.1, 0.15) is 29.6 Å². The molecule has 33 heavy (non-hydrogen) atoms. The highest BCUT2D eigenvalue weighted by Crippen LogP contribution is 2.32. The molecule has 0 spiro atoms. The summed E-state index contributed by atoms with van der Waals surface area (Å²) >= 11 is 9.31. The van der Waals surface area contributed by atoms with E-state index in [1.807, 2.05) is 6.07 Å². The van der Waals surface area contributed by atoms with Crippen molar-refractivity contribution < 1.29 is 13.2 Å². The molecular weight excluding hydrogens is 526 g/mol. The van der Waals surface area contributed by atoms with Crippen LogP contribution in [0, 0.1) is 0 Å². The first-order valence-corrected chi connectivity index (χ1v) is 13.2. The van der Waals surface area contributed by atoms with E-state index < -0.39 is 10.0 Å². The van der Waals surface area contributed by atoms with E-state index in [0.717, 1.165) is 32.4 Å². The minimum absolute atomic E-state index is 0.115. The number of piperidine rings is 1. The molecule has 3 aromatic carbocycles. The molecule has 6 nitrogen and oxygen atoms in total. The lowest BCUT2D eigenvalue weighted by Gasteiger charge is -2.30. The molecule has 2 N–H and O–H groups in total. The Balaban J connectivity index is 1.69. The highest BCUT2D eigenvalue weighted by atomic mass is 79.9. The number of hydrogen-bond acceptors (Lipinski definition) is 4. The van der Waals surface area contributed by atoms with Gasteiger partial charge in [-0.05, 0) is 89.8 Å². The Morgan fingerprint density at radius 3 is 2.27 bits per heavy atom. The van der Waals surface area contributed by atoms with Crippen molar-refractivity contribution in [2.24, 2.45) is 0 Å². The molecule has 1 fully saturated rings. The van der Waals surface area contributed by atoms with Crippen LogP contribution in [-0.2, 0) is 10.0 Å². The third-order valence-electron chi connectivity index (χ3n) is 5.42. The number of hydrogen-bond donors (Lipinski definition) is 2. The largest absolute Gasteiger partial charge is 0.370 e. The summed E-state index contributed by atoms with van der Waals surface area (Å²) in [6.45, 7) is 1.57. The number of amides is 1. The Bertz CT molecular complexity index is 1260. The molecule has 172 valence electrons. The van der Waals surface area contributed by atoms with Gasteiger partial charge in [-0.15, -0.1) is 0 Å². The zero-order valence-electron chi connectivity index (χ0n) is 17.7. The lowest BCUT2D eigenvalue weighted by atomic mass is 10.1. The number of carbonyl (C=O) groups is 1. The van der Waals surface area contributed by atoms with Gasteiger partial charge in [-0.25, -0.2) is 8.42 Å². The summed E-state index contributed by atoms with van der Waals surface area (Å²) < 4.78 is 30.1. The predicted molar refractivity (Wildman–Crippen MR) is 137 cm³/mol. The molecule has 1 aliphatic rings. The zero-order valence-corrected chi connectivity index (χ0v) is 20.9. The third-order valence-corrected chi connectivity index (χ3v) is 7.77. The second kappa shape index (κ2) is 10.2. The number of benzene rings is 3. The van der Waals surface area contributed by atoms with Crippen molar-refractivity contribution in [1.29, 1.82) is 0 Å². The number of nitrogens with one attached hydrogen (secondary N) is 2. The van der Waals surface area contributed by atoms with E-state index in [4.69, 9.17) is 11.6 Å². The normalized spacial score (nSPS) is 14.1. The molecule has 0 radical (unpaired) electrons. The van der Waals surface area contributed by atoms with Crippen LogP contribution in [0.5, 0.6) is 0 Å². The van der Waals surface area contributed by atoms with Crippen LogP contribution in [-0.4, -0.2) is 27.4 Å². The van der Waals surface area contributed by atoms with Gasteiger partial charge in [0.1, 0.15) is 4.90 Å². The Morgan fingerprint density at radius 2 is 1.58 bits per heavy atom. The van der Waals surface area contributed by atoms with Crippen molar-refractivity contribution in [2.45, 2.75) is 24.2 Å². The Morgan fingerprint density at radius 1 is 0.909 bits per heavy atom. The number of sulfonamides is 1. The number of carbonyl (C=O) groups excluding carboxylic acids is 1. The molecule has 0 bridgehead atoms. The van der Waals surface area contributed by atoms with Gasteiger partial charge < -0.3 is 10.2 Å². The maximum absolute atomic E-state index is 13.4. The van der Waals surface area contributed by atoms with Crippen LogP contribution >= 0.6 is 27.5 Å². The molecule has 0 saturated carbocycles. The molecule has 1 amide bonds. The van der Waals surface area contributed by atoms with Crippen molar-refractivity contribution in [3.05, 3.63) is 81.8 Å². The van der Waals surface area contributed by atoms with E-state index in [0.29, 0.717) is 32.1 Å². The fourth-order valence-electron chi connectivity index (χ4n) is 3.78. The molecule has 0 atom stereocenters. The molecule has 0 aliphatic carbocycles. The lowest BCUT2D eigenvalue weighted by molar-refractivity contribution is 0.102. The fourth-order valence-corrected chi connectivity index (χ4v) is 5.68. The van der Waals surface area contributed by atoms with Crippen molar-refractivity contribution >= 4 is 60.5 Å². The van der Waals surface area contributed by atoms with Crippen LogP contribution in [0.25, 0.3) is 0 Å². The number of rotatable bonds is 6. The SMILES string of the molecule is O=C(Nc1ccc(N2CCCCC2)c(S(=O)(=O)Nc2ccc(Cl)cc2)c1)c1ccccc1Br. The summed E-state index contributed by atoms with van der Waals surface area (Å²) in [7, 11) is -3.93. The molecule has 1 saturated heterocycles. The molecule has 3 aromatic rings. The Labute approximate surface area is 207 Å². The first kappa shape index (κ1) is 23.6. The number of nitrogens with zero attached hydrogens (tertiary/aromatic N) is 1. The molecule has 1 aliphatic heterocycles. The van der Waals surface area contributed by atoms with E-state index in [1.165, 1.54) is 6.07 Å². The van der Waals surface area contributed by atoms with Gasteiger partial charge in [0.05, 0.1) is 11.3 Å². The molecule has 9 heteroatoms. The van der Waals surface area contributed by atoms with Crippen molar-refractivity contribution in [3.8, 4) is 0 Å². The monoisotopic (exact) mass is 547 g/mol. The van der Waals surface area contributed by atoms with Crippen molar-refractivity contribution in [3.63, 3.8) is 0 Å². The first-order chi connectivity index (χ1) is 15.8. The number of halogens is 2. The minimum atomic E-state index is -3.93. The smallest absolute Gasteiger partial charge is 0.264 e. The Hall–Kier alpha value is -2.55. The average Bonchev–Trinajstić information content (AvgIpc) is 2.81. The summed E-state index contributed by atoms with van der Waals surface area (Å²) in [5, 5.41) is 3.33. The van der Waals surface area contributed by atoms with Gasteiger partial charge >= 0.3 is 0 Å². The average molecular weight is 549 g/mol. The summed E-state index contributed by atoms with van der Waals surface area (Å²) in [4.78, 5) is 15.0. The van der Waals surface area contributed by atoms with Crippen LogP contribution in [0.15, 0.2) is 76.1 Å². The van der Waals surface area contributed by atoms with Gasteiger partial charge in [0.25, 0.3) is 15.9 Å². The van der Waals surface area contributed by atoms with Gasteiger partial charge in [-0.2, -0.15) is 0 Å². The standard InChI is InChI=1S/C24H23BrClN3O3S/c25-21-7-3-2-6-20(21)24(30)27-19-12-13-22(29-14-4-1-5-15-29)23(16-19)33(31,32)28-18-10-8-17(26)9-11-18/h2-3,6-13,16,28H,1,4-5,14-15H2,(H,27,30). The highest BCUT2D eigenvalue weighted by molar-refractivity contribution is 9.10. The van der Waals surface area contributed by atoms with Crippen molar-refractivity contribution in [1.82, 2.24) is 0 Å². The van der Waals surface area contributed by atoms with Gasteiger partial charge in [-0.1, -0.05) is 23.7 Å². The van der Waals surface area contributed by atoms with Crippen LogP contribution < -0.4 is 14.9 Å². The first-order valence-electron chi connectivity index (χ1n) is 10.6. The van der Waals surface area contributed by atoms with Gasteiger partial charge in [-0.3, -0.25) is 9.52 Å². The second-order valence-corrected chi connectivity index (χ2v) is 10.7. The zero-order chi connectivity index (χ0) is 23.4. The molecule has 4 rings (SSSR count). The maximum atomic E-state index is 13.4. The predicted octanol–water partition coefficient (Wildman–Crippen LogP) is 6.15. The Kier molecular flexibility index (Phi) is 7.26. The highest BCUT2D eigenvalue weighted by Gasteiger charge is 2.24. The molecule has 0 aromatic heterocycles.